The molecule has 1 aromatic heterocycles. The van der Waals surface area contributed by atoms with E-state index < -0.39 is 5.97 Å². The number of hydrogen-bond acceptors (Lipinski definition) is 5. The molecule has 1 N–H and O–H groups in total. The van der Waals surface area contributed by atoms with Crippen molar-refractivity contribution >= 4 is 34.1 Å². The lowest BCUT2D eigenvalue weighted by atomic mass is 9.96. The summed E-state index contributed by atoms with van der Waals surface area (Å²) in [7, 11) is 0. The Kier molecular flexibility index (Phi) is 5.76. The van der Waals surface area contributed by atoms with Gasteiger partial charge in [-0.3, -0.25) is 9.59 Å². The van der Waals surface area contributed by atoms with Crippen LogP contribution in [0.3, 0.4) is 0 Å². The van der Waals surface area contributed by atoms with Gasteiger partial charge in [0.2, 0.25) is 11.8 Å². The number of thiophene rings is 1. The van der Waals surface area contributed by atoms with Gasteiger partial charge in [0.05, 0.1) is 12.2 Å². The zero-order valence-electron chi connectivity index (χ0n) is 13.7. The van der Waals surface area contributed by atoms with Gasteiger partial charge in [0.15, 0.2) is 0 Å². The Morgan fingerprint density at radius 2 is 2.00 bits per heavy atom. The summed E-state index contributed by atoms with van der Waals surface area (Å²) in [6.45, 7) is 6.67. The van der Waals surface area contributed by atoms with E-state index in [1.165, 1.54) is 11.3 Å². The van der Waals surface area contributed by atoms with Crippen LogP contribution in [0.25, 0.3) is 0 Å². The molecule has 1 saturated heterocycles. The predicted octanol–water partition coefficient (Wildman–Crippen LogP) is 2.43. The molecule has 0 aliphatic carbocycles. The summed E-state index contributed by atoms with van der Waals surface area (Å²) in [5.41, 5.74) is 0.406. The molecule has 0 bridgehead atoms. The highest BCUT2D eigenvalue weighted by Gasteiger charge is 2.27. The van der Waals surface area contributed by atoms with E-state index in [2.05, 4.69) is 5.32 Å². The van der Waals surface area contributed by atoms with Gasteiger partial charge in [0, 0.05) is 30.8 Å². The molecule has 6 nitrogen and oxygen atoms in total. The van der Waals surface area contributed by atoms with Crippen LogP contribution in [0.15, 0.2) is 6.07 Å². The van der Waals surface area contributed by atoms with Crippen molar-refractivity contribution in [2.75, 3.05) is 25.0 Å². The second-order valence-corrected chi connectivity index (χ2v) is 6.85. The maximum Gasteiger partial charge on any atom is 0.341 e. The highest BCUT2D eigenvalue weighted by Crippen LogP contribution is 2.29. The predicted molar refractivity (Wildman–Crippen MR) is 88.6 cm³/mol. The molecule has 23 heavy (non-hydrogen) atoms. The Balaban J connectivity index is 2.01. The fraction of sp³-hybridized carbons (Fsp3) is 0.562. The molecule has 0 radical (unpaired) electrons. The summed E-state index contributed by atoms with van der Waals surface area (Å²) in [5.74, 6) is -0.607. The molecule has 1 aromatic rings. The average Bonchev–Trinajstić information content (AvgIpc) is 2.88. The maximum absolute atomic E-state index is 12.4. The molecule has 1 aliphatic rings. The number of hydrogen-bond donors (Lipinski definition) is 1. The van der Waals surface area contributed by atoms with Gasteiger partial charge in [0.25, 0.3) is 0 Å². The Bertz CT molecular complexity index is 603. The van der Waals surface area contributed by atoms with Crippen molar-refractivity contribution in [3.8, 4) is 0 Å². The van der Waals surface area contributed by atoms with Crippen LogP contribution in [0.5, 0.6) is 0 Å². The second-order valence-electron chi connectivity index (χ2n) is 5.59. The molecule has 126 valence electrons. The first-order valence-corrected chi connectivity index (χ1v) is 8.58. The van der Waals surface area contributed by atoms with Gasteiger partial charge in [-0.25, -0.2) is 4.79 Å². The van der Waals surface area contributed by atoms with Crippen LogP contribution < -0.4 is 5.32 Å². The molecule has 0 aromatic carbocycles. The summed E-state index contributed by atoms with van der Waals surface area (Å²) in [5, 5.41) is 3.40. The average molecular weight is 338 g/mol. The molecule has 7 heteroatoms. The number of ether oxygens (including phenoxy) is 1. The Morgan fingerprint density at radius 1 is 1.35 bits per heavy atom. The Labute approximate surface area is 139 Å². The maximum atomic E-state index is 12.4. The minimum Gasteiger partial charge on any atom is -0.462 e. The van der Waals surface area contributed by atoms with Crippen LogP contribution in [-0.2, 0) is 14.3 Å². The molecule has 0 unspecified atom stereocenters. The second kappa shape index (κ2) is 7.59. The van der Waals surface area contributed by atoms with Crippen LogP contribution in [0, 0.1) is 12.8 Å². The smallest absolute Gasteiger partial charge is 0.341 e. The van der Waals surface area contributed by atoms with Crippen molar-refractivity contribution in [1.29, 1.82) is 0 Å². The topological polar surface area (TPSA) is 75.7 Å². The number of rotatable bonds is 4. The largest absolute Gasteiger partial charge is 0.462 e. The van der Waals surface area contributed by atoms with E-state index in [0.717, 1.165) is 4.88 Å². The van der Waals surface area contributed by atoms with Crippen LogP contribution in [0.1, 0.15) is 41.9 Å². The number of aryl methyl sites for hydroxylation is 1. The fourth-order valence-electron chi connectivity index (χ4n) is 2.64. The number of likely N-dealkylation sites (tertiary alicyclic amines) is 1. The number of piperidine rings is 1. The molecule has 1 fully saturated rings. The van der Waals surface area contributed by atoms with Crippen LogP contribution >= 0.6 is 11.3 Å². The summed E-state index contributed by atoms with van der Waals surface area (Å²) in [6.07, 6.45) is 1.29. The first-order chi connectivity index (χ1) is 10.9. The zero-order valence-corrected chi connectivity index (χ0v) is 14.5. The third-order valence-electron chi connectivity index (χ3n) is 3.90. The fourth-order valence-corrected chi connectivity index (χ4v) is 3.54. The molecule has 2 heterocycles. The van der Waals surface area contributed by atoms with Gasteiger partial charge in [-0.15, -0.1) is 11.3 Å². The molecule has 0 saturated carbocycles. The molecule has 0 spiro atoms. The quantitative estimate of drug-likeness (QED) is 0.856. The number of esters is 1. The first-order valence-electron chi connectivity index (χ1n) is 7.76. The normalized spacial score (nSPS) is 15.3. The molecular formula is C16H22N2O4S. The van der Waals surface area contributed by atoms with Gasteiger partial charge >= 0.3 is 5.97 Å². The highest BCUT2D eigenvalue weighted by atomic mass is 32.1. The van der Waals surface area contributed by atoms with E-state index >= 15 is 0 Å². The number of carbonyl (C=O) groups is 3. The van der Waals surface area contributed by atoms with Crippen molar-refractivity contribution in [3.63, 3.8) is 0 Å². The van der Waals surface area contributed by atoms with Gasteiger partial charge in [-0.1, -0.05) is 0 Å². The van der Waals surface area contributed by atoms with Crippen LogP contribution in [0.2, 0.25) is 0 Å². The Morgan fingerprint density at radius 3 is 2.57 bits per heavy atom. The van der Waals surface area contributed by atoms with E-state index in [-0.39, 0.29) is 17.7 Å². The van der Waals surface area contributed by atoms with E-state index in [4.69, 9.17) is 4.74 Å². The van der Waals surface area contributed by atoms with Crippen LogP contribution in [-0.4, -0.2) is 42.4 Å². The summed E-state index contributed by atoms with van der Waals surface area (Å²) >= 11 is 1.37. The van der Waals surface area contributed by atoms with Crippen LogP contribution in [0.4, 0.5) is 5.00 Å². The highest BCUT2D eigenvalue weighted by molar-refractivity contribution is 7.16. The Hall–Kier alpha value is -1.89. The molecule has 1 aliphatic heterocycles. The van der Waals surface area contributed by atoms with E-state index in [0.29, 0.717) is 43.1 Å². The third-order valence-corrected chi connectivity index (χ3v) is 4.86. The van der Waals surface area contributed by atoms with E-state index in [9.17, 15) is 14.4 Å². The lowest BCUT2D eigenvalue weighted by Gasteiger charge is -2.30. The van der Waals surface area contributed by atoms with E-state index in [1.54, 1.807) is 24.8 Å². The van der Waals surface area contributed by atoms with Crippen molar-refractivity contribution in [2.24, 2.45) is 5.92 Å². The minimum atomic E-state index is -0.418. The molecular weight excluding hydrogens is 316 g/mol. The molecule has 0 atom stereocenters. The third kappa shape index (κ3) is 4.31. The lowest BCUT2D eigenvalue weighted by molar-refractivity contribution is -0.132. The number of nitrogens with zero attached hydrogens (tertiary/aromatic N) is 1. The van der Waals surface area contributed by atoms with Crippen molar-refractivity contribution in [3.05, 3.63) is 16.5 Å². The number of anilines is 1. The number of nitrogens with one attached hydrogen (secondary N) is 1. The van der Waals surface area contributed by atoms with Gasteiger partial charge < -0.3 is 15.0 Å². The monoisotopic (exact) mass is 338 g/mol. The number of carbonyl (C=O) groups excluding carboxylic acids is 3. The summed E-state index contributed by atoms with van der Waals surface area (Å²) < 4.78 is 5.02. The van der Waals surface area contributed by atoms with Crippen molar-refractivity contribution in [2.45, 2.75) is 33.6 Å². The summed E-state index contributed by atoms with van der Waals surface area (Å²) in [6, 6.07) is 1.73. The molecule has 2 rings (SSSR count). The van der Waals surface area contributed by atoms with Crippen molar-refractivity contribution < 1.29 is 19.1 Å². The SMILES string of the molecule is CCOC(=O)c1cc(C)sc1NC(=O)C1CCN(C(C)=O)CC1. The number of amides is 2. The standard InChI is InChI=1S/C16H22N2O4S/c1-4-22-16(21)13-9-10(2)23-15(13)17-14(20)12-5-7-18(8-6-12)11(3)19/h9,12H,4-8H2,1-3H3,(H,17,20). The van der Waals surface area contributed by atoms with Crippen molar-refractivity contribution in [1.82, 2.24) is 4.90 Å². The van der Waals surface area contributed by atoms with Gasteiger partial charge in [0.1, 0.15) is 5.00 Å². The van der Waals surface area contributed by atoms with Gasteiger partial charge in [-0.2, -0.15) is 0 Å². The van der Waals surface area contributed by atoms with E-state index in [1.807, 2.05) is 6.92 Å². The molecule has 2 amide bonds. The lowest BCUT2D eigenvalue weighted by Crippen LogP contribution is -2.40. The van der Waals surface area contributed by atoms with Gasteiger partial charge in [-0.05, 0) is 32.8 Å². The zero-order chi connectivity index (χ0) is 17.0. The summed E-state index contributed by atoms with van der Waals surface area (Å²) in [4.78, 5) is 38.4. The first kappa shape index (κ1) is 17.5. The minimum absolute atomic E-state index is 0.0438.